The molecule has 0 aromatic heterocycles. The zero-order chi connectivity index (χ0) is 12.5. The van der Waals surface area contributed by atoms with Crippen molar-refractivity contribution in [3.63, 3.8) is 0 Å². The van der Waals surface area contributed by atoms with Crippen molar-refractivity contribution in [1.29, 1.82) is 0 Å². The van der Waals surface area contributed by atoms with Gasteiger partial charge < -0.3 is 11.1 Å². The van der Waals surface area contributed by atoms with E-state index in [1.165, 1.54) is 25.7 Å². The van der Waals surface area contributed by atoms with Crippen LogP contribution in [0.4, 0.5) is 0 Å². The highest BCUT2D eigenvalue weighted by atomic mass is 32.2. The SMILES string of the molecule is CC(C)C(N=C1NC2(CCCC2)CS1)C(N)=O. The molecule has 1 heterocycles. The van der Waals surface area contributed by atoms with Crippen LogP contribution in [-0.4, -0.2) is 28.4 Å². The molecule has 1 spiro atoms. The number of aliphatic imine (C=N–C) groups is 1. The summed E-state index contributed by atoms with van der Waals surface area (Å²) in [6, 6.07) is -0.401. The molecule has 3 N–H and O–H groups in total. The topological polar surface area (TPSA) is 67.5 Å². The summed E-state index contributed by atoms with van der Waals surface area (Å²) in [6.07, 6.45) is 5.04. The lowest BCUT2D eigenvalue weighted by atomic mass is 10.0. The first-order valence-corrected chi connectivity index (χ1v) is 7.29. The predicted molar refractivity (Wildman–Crippen MR) is 72.0 cm³/mol. The molecule has 17 heavy (non-hydrogen) atoms. The van der Waals surface area contributed by atoms with E-state index in [1.807, 2.05) is 13.8 Å². The molecule has 1 saturated heterocycles. The van der Waals surface area contributed by atoms with E-state index in [4.69, 9.17) is 5.73 Å². The number of amides is 1. The van der Waals surface area contributed by atoms with E-state index in [9.17, 15) is 4.79 Å². The van der Waals surface area contributed by atoms with E-state index < -0.39 is 6.04 Å². The molecule has 4 nitrogen and oxygen atoms in total. The molecule has 1 amide bonds. The van der Waals surface area contributed by atoms with Gasteiger partial charge >= 0.3 is 0 Å². The Morgan fingerprint density at radius 3 is 2.65 bits per heavy atom. The minimum absolute atomic E-state index is 0.155. The molecule has 1 aliphatic carbocycles. The Kier molecular flexibility index (Phi) is 3.66. The molecule has 0 aromatic rings. The standard InChI is InChI=1S/C12H21N3OS/c1-8(2)9(10(13)16)14-11-15-12(7-17-11)5-3-4-6-12/h8-9H,3-7H2,1-2H3,(H2,13,16)(H,14,15). The fourth-order valence-electron chi connectivity index (χ4n) is 2.56. The molecule has 0 radical (unpaired) electrons. The summed E-state index contributed by atoms with van der Waals surface area (Å²) in [5.74, 6) is 0.903. The normalized spacial score (nSPS) is 26.6. The summed E-state index contributed by atoms with van der Waals surface area (Å²) in [4.78, 5) is 15.8. The first-order chi connectivity index (χ1) is 8.02. The summed E-state index contributed by atoms with van der Waals surface area (Å²) >= 11 is 1.73. The van der Waals surface area contributed by atoms with Crippen molar-refractivity contribution in [3.8, 4) is 0 Å². The van der Waals surface area contributed by atoms with E-state index >= 15 is 0 Å². The molecule has 2 rings (SSSR count). The van der Waals surface area contributed by atoms with Gasteiger partial charge in [0.25, 0.3) is 0 Å². The van der Waals surface area contributed by atoms with Crippen molar-refractivity contribution in [1.82, 2.24) is 5.32 Å². The number of thioether (sulfide) groups is 1. The van der Waals surface area contributed by atoms with Gasteiger partial charge in [-0.3, -0.25) is 4.79 Å². The molecule has 96 valence electrons. The van der Waals surface area contributed by atoms with Crippen molar-refractivity contribution < 1.29 is 4.79 Å². The van der Waals surface area contributed by atoms with Crippen LogP contribution in [0.3, 0.4) is 0 Å². The number of carbonyl (C=O) groups is 1. The summed E-state index contributed by atoms with van der Waals surface area (Å²) in [6.45, 7) is 3.95. The van der Waals surface area contributed by atoms with Crippen molar-refractivity contribution >= 4 is 22.8 Å². The van der Waals surface area contributed by atoms with Crippen LogP contribution < -0.4 is 11.1 Å². The first kappa shape index (κ1) is 12.7. The number of primary amides is 1. The minimum Gasteiger partial charge on any atom is -0.368 e. The smallest absolute Gasteiger partial charge is 0.242 e. The fraction of sp³-hybridized carbons (Fsp3) is 0.833. The number of rotatable bonds is 3. The largest absolute Gasteiger partial charge is 0.368 e. The maximum absolute atomic E-state index is 11.3. The average molecular weight is 255 g/mol. The zero-order valence-corrected chi connectivity index (χ0v) is 11.3. The number of nitrogens with one attached hydrogen (secondary N) is 1. The molecule has 1 atom stereocenters. The van der Waals surface area contributed by atoms with E-state index in [0.29, 0.717) is 0 Å². The molecule has 0 aromatic carbocycles. The lowest BCUT2D eigenvalue weighted by molar-refractivity contribution is -0.120. The van der Waals surface area contributed by atoms with Crippen LogP contribution in [0.2, 0.25) is 0 Å². The third-order valence-electron chi connectivity index (χ3n) is 3.60. The molecule has 5 heteroatoms. The Labute approximate surface area is 107 Å². The highest BCUT2D eigenvalue weighted by Crippen LogP contribution is 2.37. The summed E-state index contributed by atoms with van der Waals surface area (Å²) < 4.78 is 0. The van der Waals surface area contributed by atoms with Crippen LogP contribution in [-0.2, 0) is 4.79 Å². The second-order valence-corrected chi connectivity index (χ2v) is 6.39. The molecule has 2 aliphatic rings. The van der Waals surface area contributed by atoms with Crippen LogP contribution in [0, 0.1) is 5.92 Å². The van der Waals surface area contributed by atoms with Crippen LogP contribution in [0.5, 0.6) is 0 Å². The maximum Gasteiger partial charge on any atom is 0.242 e. The number of nitrogens with zero attached hydrogens (tertiary/aromatic N) is 1. The van der Waals surface area contributed by atoms with Crippen molar-refractivity contribution in [3.05, 3.63) is 0 Å². The molecule has 1 unspecified atom stereocenters. The van der Waals surface area contributed by atoms with E-state index in [2.05, 4.69) is 10.3 Å². The number of hydrogen-bond acceptors (Lipinski definition) is 3. The second-order valence-electron chi connectivity index (χ2n) is 5.43. The Morgan fingerprint density at radius 1 is 1.47 bits per heavy atom. The van der Waals surface area contributed by atoms with Gasteiger partial charge in [0.15, 0.2) is 5.17 Å². The zero-order valence-electron chi connectivity index (χ0n) is 10.5. The highest BCUT2D eigenvalue weighted by molar-refractivity contribution is 8.14. The summed E-state index contributed by atoms with van der Waals surface area (Å²) in [7, 11) is 0. The third-order valence-corrected chi connectivity index (χ3v) is 4.78. The lowest BCUT2D eigenvalue weighted by Crippen LogP contribution is -2.42. The van der Waals surface area contributed by atoms with Crippen LogP contribution in [0.25, 0.3) is 0 Å². The Balaban J connectivity index is 2.05. The highest BCUT2D eigenvalue weighted by Gasteiger charge is 2.40. The van der Waals surface area contributed by atoms with Crippen molar-refractivity contribution in [2.24, 2.45) is 16.6 Å². The minimum atomic E-state index is -0.401. The van der Waals surface area contributed by atoms with Crippen LogP contribution in [0.1, 0.15) is 39.5 Å². The predicted octanol–water partition coefficient (Wildman–Crippen LogP) is 1.50. The van der Waals surface area contributed by atoms with E-state index in [1.54, 1.807) is 11.8 Å². The summed E-state index contributed by atoms with van der Waals surface area (Å²) in [5, 5.41) is 4.42. The number of carbonyl (C=O) groups excluding carboxylic acids is 1. The van der Waals surface area contributed by atoms with Gasteiger partial charge in [-0.25, -0.2) is 4.99 Å². The van der Waals surface area contributed by atoms with Gasteiger partial charge in [-0.2, -0.15) is 0 Å². The fourth-order valence-corrected chi connectivity index (χ4v) is 3.81. The van der Waals surface area contributed by atoms with Crippen molar-refractivity contribution in [2.45, 2.75) is 51.1 Å². The van der Waals surface area contributed by atoms with E-state index in [-0.39, 0.29) is 17.4 Å². The van der Waals surface area contributed by atoms with Gasteiger partial charge in [0.05, 0.1) is 0 Å². The molecule has 1 saturated carbocycles. The van der Waals surface area contributed by atoms with Crippen LogP contribution >= 0.6 is 11.8 Å². The Bertz CT molecular complexity index is 335. The average Bonchev–Trinajstić information content (AvgIpc) is 2.85. The van der Waals surface area contributed by atoms with Gasteiger partial charge in [0.1, 0.15) is 6.04 Å². The van der Waals surface area contributed by atoms with Crippen LogP contribution in [0.15, 0.2) is 4.99 Å². The van der Waals surface area contributed by atoms with E-state index in [0.717, 1.165) is 10.9 Å². The number of hydrogen-bond donors (Lipinski definition) is 2. The Morgan fingerprint density at radius 2 is 2.12 bits per heavy atom. The van der Waals surface area contributed by atoms with Crippen molar-refractivity contribution in [2.75, 3.05) is 5.75 Å². The van der Waals surface area contributed by atoms with Gasteiger partial charge in [-0.1, -0.05) is 38.5 Å². The molecule has 2 fully saturated rings. The Hall–Kier alpha value is -0.710. The van der Waals surface area contributed by atoms with Gasteiger partial charge in [0.2, 0.25) is 5.91 Å². The molecular formula is C12H21N3OS. The van der Waals surface area contributed by atoms with Gasteiger partial charge in [0, 0.05) is 11.3 Å². The first-order valence-electron chi connectivity index (χ1n) is 6.30. The molecule has 0 bridgehead atoms. The quantitative estimate of drug-likeness (QED) is 0.803. The number of nitrogens with two attached hydrogens (primary N) is 1. The summed E-state index contributed by atoms with van der Waals surface area (Å²) in [5.41, 5.74) is 5.63. The monoisotopic (exact) mass is 255 g/mol. The second kappa shape index (κ2) is 4.88. The van der Waals surface area contributed by atoms with Gasteiger partial charge in [-0.15, -0.1) is 0 Å². The lowest BCUT2D eigenvalue weighted by Gasteiger charge is -2.22. The maximum atomic E-state index is 11.3. The van der Waals surface area contributed by atoms with Gasteiger partial charge in [-0.05, 0) is 18.8 Å². The molecular weight excluding hydrogens is 234 g/mol. The number of amidine groups is 1. The molecule has 1 aliphatic heterocycles. The third kappa shape index (κ3) is 2.76.